The minimum Gasteiger partial charge on any atom is -0.368 e. The van der Waals surface area contributed by atoms with Crippen LogP contribution in [0.15, 0.2) is 34.9 Å². The molecule has 1 atom stereocenters. The largest absolute Gasteiger partial charge is 0.368 e. The van der Waals surface area contributed by atoms with Gasteiger partial charge in [-0.25, -0.2) is 4.98 Å². The van der Waals surface area contributed by atoms with E-state index in [0.717, 1.165) is 10.2 Å². The molecule has 19 heavy (non-hydrogen) atoms. The van der Waals surface area contributed by atoms with Crippen LogP contribution in [0.2, 0.25) is 5.15 Å². The molecule has 5 nitrogen and oxygen atoms in total. The first-order valence-electron chi connectivity index (χ1n) is 5.47. The highest BCUT2D eigenvalue weighted by Crippen LogP contribution is 2.22. The van der Waals surface area contributed by atoms with Gasteiger partial charge in [-0.3, -0.25) is 4.79 Å². The lowest BCUT2D eigenvalue weighted by molar-refractivity contribution is -0.119. The summed E-state index contributed by atoms with van der Waals surface area (Å²) >= 11 is 9.26. The lowest BCUT2D eigenvalue weighted by atomic mass is 10.2. The van der Waals surface area contributed by atoms with Gasteiger partial charge in [0.25, 0.3) is 0 Å². The minimum atomic E-state index is -0.737. The third-order valence-electron chi connectivity index (χ3n) is 2.67. The predicted molar refractivity (Wildman–Crippen MR) is 77.9 cm³/mol. The van der Waals surface area contributed by atoms with Crippen LogP contribution in [0.1, 0.15) is 11.9 Å². The van der Waals surface area contributed by atoms with Gasteiger partial charge in [0, 0.05) is 17.2 Å². The zero-order chi connectivity index (χ0) is 14.0. The lowest BCUT2D eigenvalue weighted by Crippen LogP contribution is -2.30. The number of anilines is 1. The maximum absolute atomic E-state index is 11.6. The average molecular weight is 344 g/mol. The molecule has 0 bridgehead atoms. The van der Waals surface area contributed by atoms with Gasteiger partial charge in [-0.1, -0.05) is 27.5 Å². The van der Waals surface area contributed by atoms with Gasteiger partial charge in [-0.05, 0) is 24.3 Å². The Kier molecular flexibility index (Phi) is 4.11. The van der Waals surface area contributed by atoms with Gasteiger partial charge < -0.3 is 15.6 Å². The van der Waals surface area contributed by atoms with Crippen molar-refractivity contribution in [3.63, 3.8) is 0 Å². The number of hydrogen-bond acceptors (Lipinski definition) is 3. The summed E-state index contributed by atoms with van der Waals surface area (Å²) in [4.78, 5) is 15.7. The molecule has 0 aliphatic heterocycles. The number of nitrogens with two attached hydrogens (primary N) is 1. The second-order valence-electron chi connectivity index (χ2n) is 3.98. The monoisotopic (exact) mass is 342 g/mol. The highest BCUT2D eigenvalue weighted by atomic mass is 79.9. The first kappa shape index (κ1) is 13.9. The number of amides is 1. The maximum Gasteiger partial charge on any atom is 0.247 e. The summed E-state index contributed by atoms with van der Waals surface area (Å²) in [6.45, 7) is 0. The van der Waals surface area contributed by atoms with E-state index in [1.54, 1.807) is 11.6 Å². The molecule has 7 heteroatoms. The van der Waals surface area contributed by atoms with Crippen molar-refractivity contribution in [3.8, 4) is 0 Å². The van der Waals surface area contributed by atoms with E-state index in [0.29, 0.717) is 11.0 Å². The first-order chi connectivity index (χ1) is 8.99. The van der Waals surface area contributed by atoms with Gasteiger partial charge in [0.2, 0.25) is 5.91 Å². The molecule has 0 fully saturated rings. The number of nitrogens with one attached hydrogen (secondary N) is 1. The summed E-state index contributed by atoms with van der Waals surface area (Å²) in [5.74, 6) is -0.0475. The molecule has 0 saturated carbocycles. The second kappa shape index (κ2) is 5.63. The molecule has 0 radical (unpaired) electrons. The fraction of sp³-hybridized carbons (Fsp3) is 0.167. The number of carbonyl (C=O) groups is 1. The fourth-order valence-electron chi connectivity index (χ4n) is 1.65. The van der Waals surface area contributed by atoms with Gasteiger partial charge in [-0.15, -0.1) is 0 Å². The van der Waals surface area contributed by atoms with Crippen LogP contribution in [-0.2, 0) is 11.8 Å². The molecule has 0 saturated heterocycles. The smallest absolute Gasteiger partial charge is 0.247 e. The molecule has 1 aromatic carbocycles. The molecule has 2 aromatic rings. The Hall–Kier alpha value is -1.53. The van der Waals surface area contributed by atoms with E-state index >= 15 is 0 Å². The van der Waals surface area contributed by atoms with Crippen LogP contribution >= 0.6 is 27.5 Å². The average Bonchev–Trinajstić information content (AvgIpc) is 2.69. The fourth-order valence-corrected chi connectivity index (χ4v) is 2.05. The standard InChI is InChI=1S/C12H12BrClN4O/c1-18-9(14)6-16-12(18)10(11(15)19)17-8-4-2-7(13)3-5-8/h2-6,10,17H,1H3,(H2,15,19). The molecule has 0 aliphatic carbocycles. The highest BCUT2D eigenvalue weighted by Gasteiger charge is 2.23. The first-order valence-corrected chi connectivity index (χ1v) is 6.64. The molecular formula is C12H12BrClN4O. The predicted octanol–water partition coefficient (Wildman–Crippen LogP) is 2.47. The van der Waals surface area contributed by atoms with Crippen molar-refractivity contribution in [3.05, 3.63) is 45.9 Å². The van der Waals surface area contributed by atoms with Crippen molar-refractivity contribution in [1.82, 2.24) is 9.55 Å². The third kappa shape index (κ3) is 3.08. The molecule has 1 heterocycles. The molecule has 3 N–H and O–H groups in total. The summed E-state index contributed by atoms with van der Waals surface area (Å²) in [6.07, 6.45) is 1.48. The van der Waals surface area contributed by atoms with E-state index in [4.69, 9.17) is 17.3 Å². The summed E-state index contributed by atoms with van der Waals surface area (Å²) < 4.78 is 2.57. The van der Waals surface area contributed by atoms with E-state index in [1.165, 1.54) is 6.20 Å². The van der Waals surface area contributed by atoms with Crippen molar-refractivity contribution >= 4 is 39.1 Å². The Morgan fingerprint density at radius 3 is 2.58 bits per heavy atom. The van der Waals surface area contributed by atoms with E-state index in [-0.39, 0.29) is 0 Å². The number of nitrogens with zero attached hydrogens (tertiary/aromatic N) is 2. The summed E-state index contributed by atoms with van der Waals surface area (Å²) in [7, 11) is 1.73. The van der Waals surface area contributed by atoms with Crippen LogP contribution in [0.5, 0.6) is 0 Å². The number of rotatable bonds is 4. The molecule has 0 aliphatic rings. The molecular weight excluding hydrogens is 332 g/mol. The van der Waals surface area contributed by atoms with Gasteiger partial charge in [-0.2, -0.15) is 0 Å². The number of aromatic nitrogens is 2. The van der Waals surface area contributed by atoms with Gasteiger partial charge in [0.1, 0.15) is 11.0 Å². The van der Waals surface area contributed by atoms with Crippen LogP contribution in [0.3, 0.4) is 0 Å². The van der Waals surface area contributed by atoms with Gasteiger partial charge in [0.15, 0.2) is 6.04 Å². The molecule has 2 rings (SSSR count). The van der Waals surface area contributed by atoms with Crippen molar-refractivity contribution < 1.29 is 4.79 Å². The quantitative estimate of drug-likeness (QED) is 0.895. The summed E-state index contributed by atoms with van der Waals surface area (Å²) in [5, 5.41) is 3.48. The molecule has 100 valence electrons. The number of imidazole rings is 1. The second-order valence-corrected chi connectivity index (χ2v) is 5.29. The van der Waals surface area contributed by atoms with Crippen LogP contribution in [0.25, 0.3) is 0 Å². The Morgan fingerprint density at radius 1 is 1.47 bits per heavy atom. The summed E-state index contributed by atoms with van der Waals surface area (Å²) in [6, 6.07) is 6.67. The summed E-state index contributed by atoms with van der Waals surface area (Å²) in [5.41, 5.74) is 6.19. The van der Waals surface area contributed by atoms with E-state index in [1.807, 2.05) is 24.3 Å². The minimum absolute atomic E-state index is 0.443. The number of halogens is 2. The van der Waals surface area contributed by atoms with Crippen molar-refractivity contribution in [2.45, 2.75) is 6.04 Å². The Morgan fingerprint density at radius 2 is 2.11 bits per heavy atom. The number of carbonyl (C=O) groups excluding carboxylic acids is 1. The highest BCUT2D eigenvalue weighted by molar-refractivity contribution is 9.10. The zero-order valence-electron chi connectivity index (χ0n) is 10.1. The van der Waals surface area contributed by atoms with Gasteiger partial charge in [0.05, 0.1) is 6.20 Å². The Bertz CT molecular complexity index is 596. The molecule has 1 unspecified atom stereocenters. The third-order valence-corrected chi connectivity index (χ3v) is 3.55. The van der Waals surface area contributed by atoms with Crippen molar-refractivity contribution in [1.29, 1.82) is 0 Å². The maximum atomic E-state index is 11.6. The molecule has 0 spiro atoms. The number of primary amides is 1. The normalized spacial score (nSPS) is 12.2. The SMILES string of the molecule is Cn1c(Cl)cnc1C(Nc1ccc(Br)cc1)C(N)=O. The van der Waals surface area contributed by atoms with Crippen LogP contribution in [-0.4, -0.2) is 15.5 Å². The van der Waals surface area contributed by atoms with Crippen LogP contribution < -0.4 is 11.1 Å². The zero-order valence-corrected chi connectivity index (χ0v) is 12.4. The van der Waals surface area contributed by atoms with E-state index < -0.39 is 11.9 Å². The topological polar surface area (TPSA) is 72.9 Å². The van der Waals surface area contributed by atoms with Crippen LogP contribution in [0, 0.1) is 0 Å². The van der Waals surface area contributed by atoms with Crippen molar-refractivity contribution in [2.75, 3.05) is 5.32 Å². The van der Waals surface area contributed by atoms with Gasteiger partial charge >= 0.3 is 0 Å². The number of hydrogen-bond donors (Lipinski definition) is 2. The Balaban J connectivity index is 2.29. The number of benzene rings is 1. The van der Waals surface area contributed by atoms with Crippen LogP contribution in [0.4, 0.5) is 5.69 Å². The van der Waals surface area contributed by atoms with Crippen molar-refractivity contribution in [2.24, 2.45) is 12.8 Å². The molecule has 1 amide bonds. The van der Waals surface area contributed by atoms with E-state index in [2.05, 4.69) is 26.2 Å². The molecule has 1 aromatic heterocycles. The lowest BCUT2D eigenvalue weighted by Gasteiger charge is -2.16. The van der Waals surface area contributed by atoms with E-state index in [9.17, 15) is 4.79 Å². The Labute approximate surface area is 123 Å².